The smallest absolute Gasteiger partial charge is 0.125 e. The molecular formula is C17H16BrClN2. The van der Waals surface area contributed by atoms with Crippen molar-refractivity contribution in [2.45, 2.75) is 25.8 Å². The van der Waals surface area contributed by atoms with Crippen LogP contribution in [0.3, 0.4) is 0 Å². The predicted octanol–water partition coefficient (Wildman–Crippen LogP) is 5.46. The van der Waals surface area contributed by atoms with Gasteiger partial charge in [0, 0.05) is 4.47 Å². The maximum absolute atomic E-state index is 6.11. The lowest BCUT2D eigenvalue weighted by Crippen LogP contribution is -2.09. The van der Waals surface area contributed by atoms with Gasteiger partial charge in [0.2, 0.25) is 0 Å². The molecule has 1 unspecified atom stereocenters. The van der Waals surface area contributed by atoms with Crippen LogP contribution in [0.15, 0.2) is 46.9 Å². The van der Waals surface area contributed by atoms with E-state index in [9.17, 15) is 0 Å². The molecule has 0 saturated carbocycles. The van der Waals surface area contributed by atoms with Crippen LogP contribution >= 0.6 is 27.5 Å². The molecule has 2 nitrogen and oxygen atoms in total. The first-order chi connectivity index (χ1) is 10.1. The molecule has 3 aromatic rings. The number of fused-ring (bicyclic) bond motifs is 1. The van der Waals surface area contributed by atoms with Crippen LogP contribution in [0.25, 0.3) is 11.0 Å². The van der Waals surface area contributed by atoms with Crippen molar-refractivity contribution in [3.8, 4) is 0 Å². The molecule has 3 rings (SSSR count). The van der Waals surface area contributed by atoms with Gasteiger partial charge in [0.1, 0.15) is 5.82 Å². The summed E-state index contributed by atoms with van der Waals surface area (Å²) in [6.07, 6.45) is 0. The maximum atomic E-state index is 6.11. The first-order valence-corrected chi connectivity index (χ1v) is 8.22. The Hall–Kier alpha value is -1.32. The van der Waals surface area contributed by atoms with Crippen LogP contribution in [0.4, 0.5) is 0 Å². The fourth-order valence-corrected chi connectivity index (χ4v) is 3.31. The highest BCUT2D eigenvalue weighted by Crippen LogP contribution is 2.28. The second kappa shape index (κ2) is 5.82. The minimum atomic E-state index is 0.184. The summed E-state index contributed by atoms with van der Waals surface area (Å²) in [7, 11) is 0. The lowest BCUT2D eigenvalue weighted by molar-refractivity contribution is 0.633. The summed E-state index contributed by atoms with van der Waals surface area (Å²) in [5.41, 5.74) is 4.58. The van der Waals surface area contributed by atoms with Crippen LogP contribution in [0, 0.1) is 6.92 Å². The Balaban J connectivity index is 2.18. The summed E-state index contributed by atoms with van der Waals surface area (Å²) in [6.45, 7) is 4.26. The normalized spacial score (nSPS) is 12.8. The van der Waals surface area contributed by atoms with Crippen LogP contribution in [0.1, 0.15) is 29.9 Å². The van der Waals surface area contributed by atoms with Gasteiger partial charge in [-0.3, -0.25) is 0 Å². The molecule has 0 aliphatic rings. The molecule has 0 aliphatic heterocycles. The van der Waals surface area contributed by atoms with Crippen molar-refractivity contribution < 1.29 is 0 Å². The lowest BCUT2D eigenvalue weighted by Gasteiger charge is -2.18. The van der Waals surface area contributed by atoms with Crippen molar-refractivity contribution >= 4 is 38.6 Å². The van der Waals surface area contributed by atoms with E-state index in [1.807, 2.05) is 6.07 Å². The molecule has 0 radical (unpaired) electrons. The van der Waals surface area contributed by atoms with Crippen molar-refractivity contribution in [3.05, 3.63) is 63.9 Å². The number of halogens is 2. The second-order valence-electron chi connectivity index (χ2n) is 5.25. The zero-order valence-corrected chi connectivity index (χ0v) is 14.3. The van der Waals surface area contributed by atoms with E-state index < -0.39 is 0 Å². The molecule has 1 heterocycles. The zero-order valence-electron chi connectivity index (χ0n) is 12.0. The highest BCUT2D eigenvalue weighted by molar-refractivity contribution is 9.10. The quantitative estimate of drug-likeness (QED) is 0.565. The van der Waals surface area contributed by atoms with Crippen molar-refractivity contribution in [1.82, 2.24) is 9.55 Å². The second-order valence-corrected chi connectivity index (χ2v) is 6.44. The van der Waals surface area contributed by atoms with Gasteiger partial charge in [-0.2, -0.15) is 0 Å². The third kappa shape index (κ3) is 2.72. The van der Waals surface area contributed by atoms with E-state index >= 15 is 0 Å². The van der Waals surface area contributed by atoms with E-state index in [4.69, 9.17) is 11.6 Å². The van der Waals surface area contributed by atoms with Gasteiger partial charge in [0.15, 0.2) is 0 Å². The van der Waals surface area contributed by atoms with Crippen molar-refractivity contribution in [1.29, 1.82) is 0 Å². The van der Waals surface area contributed by atoms with E-state index in [-0.39, 0.29) is 6.04 Å². The average Bonchev–Trinajstić information content (AvgIpc) is 2.83. The molecule has 2 aromatic carbocycles. The SMILES string of the molecule is Cc1ccc2c(c1)nc(CCl)n2C(C)c1cccc(Br)c1. The van der Waals surface area contributed by atoms with Gasteiger partial charge in [-0.15, -0.1) is 11.6 Å². The van der Waals surface area contributed by atoms with Crippen molar-refractivity contribution in [3.63, 3.8) is 0 Å². The molecule has 4 heteroatoms. The predicted molar refractivity (Wildman–Crippen MR) is 92.0 cm³/mol. The van der Waals surface area contributed by atoms with Crippen molar-refractivity contribution in [2.24, 2.45) is 0 Å². The summed E-state index contributed by atoms with van der Waals surface area (Å²) in [4.78, 5) is 4.68. The fourth-order valence-electron chi connectivity index (χ4n) is 2.70. The number of rotatable bonds is 3. The third-order valence-corrected chi connectivity index (χ3v) is 4.49. The van der Waals surface area contributed by atoms with E-state index in [1.165, 1.54) is 11.1 Å². The molecular weight excluding hydrogens is 348 g/mol. The van der Waals surface area contributed by atoms with E-state index in [2.05, 4.69) is 75.7 Å². The topological polar surface area (TPSA) is 17.8 Å². The molecule has 0 N–H and O–H groups in total. The Morgan fingerprint density at radius 3 is 2.76 bits per heavy atom. The molecule has 0 amide bonds. The molecule has 0 fully saturated rings. The lowest BCUT2D eigenvalue weighted by atomic mass is 10.1. The monoisotopic (exact) mass is 362 g/mol. The van der Waals surface area contributed by atoms with Gasteiger partial charge in [0.05, 0.1) is 23.0 Å². The number of alkyl halides is 1. The van der Waals surface area contributed by atoms with Gasteiger partial charge in [-0.1, -0.05) is 34.1 Å². The van der Waals surface area contributed by atoms with Crippen LogP contribution < -0.4 is 0 Å². The molecule has 21 heavy (non-hydrogen) atoms. The number of benzene rings is 2. The Kier molecular flexibility index (Phi) is 4.05. The first-order valence-electron chi connectivity index (χ1n) is 6.89. The van der Waals surface area contributed by atoms with Gasteiger partial charge >= 0.3 is 0 Å². The zero-order chi connectivity index (χ0) is 15.0. The molecule has 0 saturated heterocycles. The van der Waals surface area contributed by atoms with Gasteiger partial charge in [-0.25, -0.2) is 4.98 Å². The summed E-state index contributed by atoms with van der Waals surface area (Å²) in [5.74, 6) is 1.32. The molecule has 0 spiro atoms. The highest BCUT2D eigenvalue weighted by atomic mass is 79.9. The molecule has 1 aromatic heterocycles. The third-order valence-electron chi connectivity index (χ3n) is 3.76. The minimum Gasteiger partial charge on any atom is -0.320 e. The summed E-state index contributed by atoms with van der Waals surface area (Å²) in [6, 6.07) is 14.9. The molecule has 1 atom stereocenters. The number of imidazole rings is 1. The van der Waals surface area contributed by atoms with Gasteiger partial charge < -0.3 is 4.57 Å². The van der Waals surface area contributed by atoms with Gasteiger partial charge in [-0.05, 0) is 49.2 Å². The Morgan fingerprint density at radius 2 is 2.05 bits per heavy atom. The van der Waals surface area contributed by atoms with E-state index in [0.717, 1.165) is 21.3 Å². The first kappa shape index (κ1) is 14.6. The number of hydrogen-bond acceptors (Lipinski definition) is 1. The standard InChI is InChI=1S/C17H16BrClN2/c1-11-6-7-16-15(8-11)20-17(10-19)21(16)12(2)13-4-3-5-14(18)9-13/h3-9,12H,10H2,1-2H3. The molecule has 0 aliphatic carbocycles. The fraction of sp³-hybridized carbons (Fsp3) is 0.235. The van der Waals surface area contributed by atoms with Crippen LogP contribution in [0.5, 0.6) is 0 Å². The largest absolute Gasteiger partial charge is 0.320 e. The van der Waals surface area contributed by atoms with Crippen LogP contribution in [-0.2, 0) is 5.88 Å². The Morgan fingerprint density at radius 1 is 1.24 bits per heavy atom. The minimum absolute atomic E-state index is 0.184. The number of aromatic nitrogens is 2. The maximum Gasteiger partial charge on any atom is 0.125 e. The molecule has 108 valence electrons. The van der Waals surface area contributed by atoms with E-state index in [0.29, 0.717) is 5.88 Å². The van der Waals surface area contributed by atoms with Crippen LogP contribution in [0.2, 0.25) is 0 Å². The number of hydrogen-bond donors (Lipinski definition) is 0. The number of nitrogens with zero attached hydrogens (tertiary/aromatic N) is 2. The van der Waals surface area contributed by atoms with Crippen LogP contribution in [-0.4, -0.2) is 9.55 Å². The Labute approximate surface area is 137 Å². The average molecular weight is 364 g/mol. The number of aryl methyl sites for hydroxylation is 1. The summed E-state index contributed by atoms with van der Waals surface area (Å²) < 4.78 is 3.31. The van der Waals surface area contributed by atoms with E-state index in [1.54, 1.807) is 0 Å². The highest BCUT2D eigenvalue weighted by Gasteiger charge is 2.17. The Bertz CT molecular complexity index is 795. The molecule has 0 bridgehead atoms. The summed E-state index contributed by atoms with van der Waals surface area (Å²) >= 11 is 9.65. The summed E-state index contributed by atoms with van der Waals surface area (Å²) in [5, 5.41) is 0. The van der Waals surface area contributed by atoms with Gasteiger partial charge in [0.25, 0.3) is 0 Å². The van der Waals surface area contributed by atoms with Crippen molar-refractivity contribution in [2.75, 3.05) is 0 Å².